The van der Waals surface area contributed by atoms with Gasteiger partial charge in [-0.2, -0.15) is 9.97 Å². The second-order valence-corrected chi connectivity index (χ2v) is 11.8. The molecule has 206 valence electrons. The van der Waals surface area contributed by atoms with E-state index in [1.807, 2.05) is 48.7 Å². The summed E-state index contributed by atoms with van der Waals surface area (Å²) in [5.74, 6) is 1.85. The van der Waals surface area contributed by atoms with Crippen molar-refractivity contribution in [1.29, 1.82) is 0 Å². The van der Waals surface area contributed by atoms with Crippen molar-refractivity contribution in [3.05, 3.63) is 140 Å². The van der Waals surface area contributed by atoms with Crippen molar-refractivity contribution in [1.82, 2.24) is 24.5 Å². The lowest BCUT2D eigenvalue weighted by molar-refractivity contribution is 0.954. The van der Waals surface area contributed by atoms with Crippen molar-refractivity contribution in [3.8, 4) is 39.9 Å². The highest BCUT2D eigenvalue weighted by Gasteiger charge is 2.19. The largest absolute Gasteiger partial charge is 0.278 e. The van der Waals surface area contributed by atoms with Crippen LogP contribution < -0.4 is 0 Å². The summed E-state index contributed by atoms with van der Waals surface area (Å²) in [4.78, 5) is 20.9. The summed E-state index contributed by atoms with van der Waals surface area (Å²) < 4.78 is 3.36. The van der Waals surface area contributed by atoms with Crippen LogP contribution in [-0.4, -0.2) is 24.5 Å². The number of rotatable bonds is 4. The molecule has 0 aliphatic rings. The maximum Gasteiger partial charge on any atom is 0.238 e. The van der Waals surface area contributed by atoms with Gasteiger partial charge in [-0.05, 0) is 41.5 Å². The maximum atomic E-state index is 5.13. The van der Waals surface area contributed by atoms with Gasteiger partial charge in [0.25, 0.3) is 0 Å². The smallest absolute Gasteiger partial charge is 0.238 e. The van der Waals surface area contributed by atoms with E-state index in [-0.39, 0.29) is 0 Å². The molecule has 0 saturated heterocycles. The van der Waals surface area contributed by atoms with E-state index in [0.717, 1.165) is 43.3 Å². The molecular formula is C38H23N5S. The van der Waals surface area contributed by atoms with Crippen LogP contribution in [0.5, 0.6) is 0 Å². The number of pyridine rings is 1. The molecular weight excluding hydrogens is 559 g/mol. The molecule has 0 radical (unpaired) electrons. The van der Waals surface area contributed by atoms with Gasteiger partial charge in [0.2, 0.25) is 5.95 Å². The predicted octanol–water partition coefficient (Wildman–Crippen LogP) is 9.73. The van der Waals surface area contributed by atoms with Crippen molar-refractivity contribution in [2.75, 3.05) is 0 Å². The van der Waals surface area contributed by atoms with Crippen LogP contribution in [0.25, 0.3) is 82.0 Å². The lowest BCUT2D eigenvalue weighted by atomic mass is 10.0. The van der Waals surface area contributed by atoms with Crippen LogP contribution in [0, 0.1) is 0 Å². The minimum atomic E-state index is 0.589. The minimum absolute atomic E-state index is 0.589. The molecule has 9 rings (SSSR count). The first-order chi connectivity index (χ1) is 21.8. The number of fused-ring (bicyclic) bond motifs is 6. The standard InChI is InChI=1S/C38H23N5S/c1-3-10-24(11-4-1)25-17-19-27(20-18-25)36-40-35(26-12-5-2-6-13-26)41-38(42-36)43-32-16-8-7-14-28(32)30-22-31-29-15-9-21-39-37(29)44-34(31)23-33(30)43/h1-23H. The third-order valence-electron chi connectivity index (χ3n) is 8.15. The van der Waals surface area contributed by atoms with Gasteiger partial charge in [-0.3, -0.25) is 4.57 Å². The molecule has 0 spiro atoms. The average Bonchev–Trinajstić information content (AvgIpc) is 3.62. The molecule has 5 aromatic carbocycles. The number of benzene rings is 5. The highest BCUT2D eigenvalue weighted by molar-refractivity contribution is 7.25. The van der Waals surface area contributed by atoms with Crippen LogP contribution >= 0.6 is 11.3 Å². The Morgan fingerprint density at radius 2 is 1.07 bits per heavy atom. The Labute approximate surface area is 256 Å². The van der Waals surface area contributed by atoms with Crippen molar-refractivity contribution in [3.63, 3.8) is 0 Å². The first kappa shape index (κ1) is 24.8. The van der Waals surface area contributed by atoms with E-state index in [2.05, 4.69) is 101 Å². The van der Waals surface area contributed by atoms with Crippen molar-refractivity contribution in [2.45, 2.75) is 0 Å². The van der Waals surface area contributed by atoms with Crippen LogP contribution in [0.4, 0.5) is 0 Å². The molecule has 0 saturated carbocycles. The molecule has 0 fully saturated rings. The van der Waals surface area contributed by atoms with Gasteiger partial charge in [0.05, 0.1) is 11.0 Å². The molecule has 0 aliphatic heterocycles. The molecule has 0 N–H and O–H groups in total. The number of nitrogens with zero attached hydrogens (tertiary/aromatic N) is 5. The molecule has 0 aliphatic carbocycles. The van der Waals surface area contributed by atoms with Crippen molar-refractivity contribution in [2.24, 2.45) is 0 Å². The van der Waals surface area contributed by atoms with Crippen molar-refractivity contribution < 1.29 is 0 Å². The molecule has 9 aromatic rings. The monoisotopic (exact) mass is 581 g/mol. The fourth-order valence-corrected chi connectivity index (χ4v) is 7.10. The zero-order valence-corrected chi connectivity index (χ0v) is 24.2. The Bertz CT molecular complexity index is 2480. The van der Waals surface area contributed by atoms with Crippen LogP contribution in [-0.2, 0) is 0 Å². The lowest BCUT2D eigenvalue weighted by Crippen LogP contribution is -2.06. The van der Waals surface area contributed by atoms with Gasteiger partial charge < -0.3 is 0 Å². The zero-order valence-electron chi connectivity index (χ0n) is 23.4. The number of thiophene rings is 1. The van der Waals surface area contributed by atoms with Gasteiger partial charge >= 0.3 is 0 Å². The van der Waals surface area contributed by atoms with Gasteiger partial charge in [0.1, 0.15) is 4.83 Å². The van der Waals surface area contributed by atoms with Crippen LogP contribution in [0.1, 0.15) is 0 Å². The molecule has 4 heterocycles. The van der Waals surface area contributed by atoms with Gasteiger partial charge in [0.15, 0.2) is 11.6 Å². The lowest BCUT2D eigenvalue weighted by Gasteiger charge is -2.11. The maximum absolute atomic E-state index is 5.13. The molecule has 0 bridgehead atoms. The molecule has 44 heavy (non-hydrogen) atoms. The molecule has 0 amide bonds. The second kappa shape index (κ2) is 9.93. The summed E-state index contributed by atoms with van der Waals surface area (Å²) in [7, 11) is 0. The summed E-state index contributed by atoms with van der Waals surface area (Å²) in [6, 6.07) is 46.1. The van der Waals surface area contributed by atoms with E-state index >= 15 is 0 Å². The molecule has 0 unspecified atom stereocenters. The SMILES string of the molecule is c1ccc(-c2ccc(-c3nc(-c4ccccc4)nc(-n4c5ccccc5c5cc6c(cc54)sc4ncccc46)n3)cc2)cc1. The van der Waals surface area contributed by atoms with Gasteiger partial charge in [-0.15, -0.1) is 11.3 Å². The van der Waals surface area contributed by atoms with Crippen LogP contribution in [0.2, 0.25) is 0 Å². The number of para-hydroxylation sites is 1. The summed E-state index contributed by atoms with van der Waals surface area (Å²) in [6.45, 7) is 0. The zero-order chi connectivity index (χ0) is 29.0. The van der Waals surface area contributed by atoms with E-state index < -0.39 is 0 Å². The first-order valence-electron chi connectivity index (χ1n) is 14.5. The van der Waals surface area contributed by atoms with E-state index in [1.165, 1.54) is 21.0 Å². The third-order valence-corrected chi connectivity index (χ3v) is 9.22. The summed E-state index contributed by atoms with van der Waals surface area (Å²) in [5.41, 5.74) is 6.31. The molecule has 5 nitrogen and oxygen atoms in total. The highest BCUT2D eigenvalue weighted by atomic mass is 32.1. The molecule has 4 aromatic heterocycles. The Hall–Kier alpha value is -5.72. The second-order valence-electron chi connectivity index (χ2n) is 10.8. The highest BCUT2D eigenvalue weighted by Crippen LogP contribution is 2.40. The molecule has 6 heteroatoms. The van der Waals surface area contributed by atoms with E-state index in [0.29, 0.717) is 17.6 Å². The predicted molar refractivity (Wildman–Crippen MR) is 181 cm³/mol. The fraction of sp³-hybridized carbons (Fsp3) is 0. The van der Waals surface area contributed by atoms with E-state index in [9.17, 15) is 0 Å². The summed E-state index contributed by atoms with van der Waals surface area (Å²) in [6.07, 6.45) is 1.86. The number of hydrogen-bond acceptors (Lipinski definition) is 5. The molecule has 0 atom stereocenters. The third kappa shape index (κ3) is 4.00. The van der Waals surface area contributed by atoms with Gasteiger partial charge in [0, 0.05) is 43.6 Å². The Kier molecular flexibility index (Phi) is 5.61. The van der Waals surface area contributed by atoms with Crippen molar-refractivity contribution >= 4 is 53.4 Å². The normalized spacial score (nSPS) is 11.6. The Morgan fingerprint density at radius 1 is 0.455 bits per heavy atom. The fourth-order valence-electron chi connectivity index (χ4n) is 6.04. The topological polar surface area (TPSA) is 56.5 Å². The van der Waals surface area contributed by atoms with E-state index in [4.69, 9.17) is 15.0 Å². The summed E-state index contributed by atoms with van der Waals surface area (Å²) in [5, 5.41) is 4.71. The average molecular weight is 582 g/mol. The number of hydrogen-bond donors (Lipinski definition) is 0. The van der Waals surface area contributed by atoms with Gasteiger partial charge in [-0.25, -0.2) is 9.97 Å². The van der Waals surface area contributed by atoms with Crippen LogP contribution in [0.15, 0.2) is 140 Å². The quantitative estimate of drug-likeness (QED) is 0.208. The Balaban J connectivity index is 1.30. The Morgan fingerprint density at radius 3 is 1.84 bits per heavy atom. The minimum Gasteiger partial charge on any atom is -0.278 e. The van der Waals surface area contributed by atoms with E-state index in [1.54, 1.807) is 11.3 Å². The first-order valence-corrected chi connectivity index (χ1v) is 15.3. The number of aromatic nitrogens is 5. The van der Waals surface area contributed by atoms with Gasteiger partial charge in [-0.1, -0.05) is 103 Å². The van der Waals surface area contributed by atoms with Crippen LogP contribution in [0.3, 0.4) is 0 Å². The summed E-state index contributed by atoms with van der Waals surface area (Å²) >= 11 is 1.71.